The van der Waals surface area contributed by atoms with E-state index in [-0.39, 0.29) is 0 Å². The minimum Gasteiger partial charge on any atom is -0.130 e. The summed E-state index contributed by atoms with van der Waals surface area (Å²) in [6.07, 6.45) is 11.2. The largest absolute Gasteiger partial charge is 0.130 e. The van der Waals surface area contributed by atoms with E-state index >= 15 is 0 Å². The molecule has 0 saturated heterocycles. The fraction of sp³-hybridized carbons (Fsp3) is 0.750. The van der Waals surface area contributed by atoms with Crippen LogP contribution in [0.4, 0.5) is 0 Å². The van der Waals surface area contributed by atoms with Crippen LogP contribution in [0.15, 0.2) is 17.9 Å². The van der Waals surface area contributed by atoms with E-state index in [1.807, 2.05) is 13.0 Å². The number of hydrogen-bond acceptors (Lipinski definition) is 0. The molecule has 1 atom stereocenters. The van der Waals surface area contributed by atoms with E-state index < -0.39 is 0 Å². The van der Waals surface area contributed by atoms with Crippen LogP contribution in [0, 0.1) is 11.8 Å². The lowest BCUT2D eigenvalue weighted by molar-refractivity contribution is 0.370. The number of allylic oxidation sites excluding steroid dienone is 1. The minimum absolute atomic E-state index is 0.875. The van der Waals surface area contributed by atoms with Crippen molar-refractivity contribution in [3.8, 4) is 0 Å². The molecule has 1 saturated carbocycles. The maximum Gasteiger partial charge on any atom is -0.0246 e. The molecule has 1 aliphatic rings. The van der Waals surface area contributed by atoms with Crippen molar-refractivity contribution in [2.75, 3.05) is 0 Å². The molecule has 0 amide bonds. The van der Waals surface area contributed by atoms with Gasteiger partial charge in [0.1, 0.15) is 0 Å². The smallest absolute Gasteiger partial charge is 0.0246 e. The molecule has 0 radical (unpaired) electrons. The van der Waals surface area contributed by atoms with Crippen molar-refractivity contribution in [3.63, 3.8) is 0 Å². The first-order valence-electron chi connectivity index (χ1n) is 5.20. The van der Waals surface area contributed by atoms with Crippen molar-refractivity contribution in [2.24, 2.45) is 11.8 Å². The highest BCUT2D eigenvalue weighted by molar-refractivity contribution is 4.85. The average Bonchev–Trinajstić information content (AvgIpc) is 2.56. The van der Waals surface area contributed by atoms with Gasteiger partial charge in [-0.25, -0.2) is 0 Å². The summed E-state index contributed by atoms with van der Waals surface area (Å²) < 4.78 is 0. The lowest BCUT2D eigenvalue weighted by atomic mass is 9.90. The van der Waals surface area contributed by atoms with Crippen LogP contribution in [0.25, 0.3) is 0 Å². The van der Waals surface area contributed by atoms with E-state index in [0.29, 0.717) is 0 Å². The Kier molecular flexibility index (Phi) is 4.18. The highest BCUT2D eigenvalue weighted by atomic mass is 14.2. The summed E-state index contributed by atoms with van der Waals surface area (Å²) in [5, 5.41) is 0. The summed E-state index contributed by atoms with van der Waals surface area (Å²) in [6, 6.07) is 0. The van der Waals surface area contributed by atoms with Gasteiger partial charge in [0, 0.05) is 0 Å². The lowest BCUT2D eigenvalue weighted by Gasteiger charge is -2.15. The van der Waals surface area contributed by atoms with Gasteiger partial charge in [-0.1, -0.05) is 32.6 Å². The van der Waals surface area contributed by atoms with Gasteiger partial charge in [0.15, 0.2) is 0 Å². The zero-order chi connectivity index (χ0) is 8.81. The maximum atomic E-state index is 3.15. The minimum atomic E-state index is 0.875. The quantitative estimate of drug-likeness (QED) is 0.554. The standard InChI is InChI=1S/C12H20/c1-3-4-5-8-11(2)12-9-6-7-10-12/h3,5,11-12H,6-10H2,1-2H3. The first kappa shape index (κ1) is 9.61. The Morgan fingerprint density at radius 3 is 2.67 bits per heavy atom. The molecule has 0 heterocycles. The first-order chi connectivity index (χ1) is 5.84. The van der Waals surface area contributed by atoms with Gasteiger partial charge in [0.05, 0.1) is 0 Å². The molecule has 0 aromatic rings. The molecule has 0 heteroatoms. The van der Waals surface area contributed by atoms with E-state index in [0.717, 1.165) is 11.8 Å². The number of hydrogen-bond donors (Lipinski definition) is 0. The Morgan fingerprint density at radius 1 is 1.42 bits per heavy atom. The van der Waals surface area contributed by atoms with E-state index in [2.05, 4.69) is 18.7 Å². The van der Waals surface area contributed by atoms with Crippen LogP contribution in [-0.2, 0) is 0 Å². The van der Waals surface area contributed by atoms with Gasteiger partial charge >= 0.3 is 0 Å². The van der Waals surface area contributed by atoms with Crippen LogP contribution >= 0.6 is 0 Å². The molecule has 68 valence electrons. The molecule has 0 nitrogen and oxygen atoms in total. The van der Waals surface area contributed by atoms with E-state index in [9.17, 15) is 0 Å². The van der Waals surface area contributed by atoms with Gasteiger partial charge in [-0.3, -0.25) is 0 Å². The molecule has 0 aromatic carbocycles. The van der Waals surface area contributed by atoms with Gasteiger partial charge in [-0.15, -0.1) is 5.73 Å². The highest BCUT2D eigenvalue weighted by Crippen LogP contribution is 2.32. The number of rotatable bonds is 3. The Hall–Kier alpha value is -0.480. The van der Waals surface area contributed by atoms with Crippen LogP contribution in [0.5, 0.6) is 0 Å². The predicted molar refractivity (Wildman–Crippen MR) is 54.1 cm³/mol. The molecule has 0 N–H and O–H groups in total. The zero-order valence-electron chi connectivity index (χ0n) is 8.34. The SMILES string of the molecule is CC=C=CCC(C)C1CCCC1. The fourth-order valence-electron chi connectivity index (χ4n) is 2.09. The molecule has 0 spiro atoms. The summed E-state index contributed by atoms with van der Waals surface area (Å²) in [5.41, 5.74) is 3.15. The van der Waals surface area contributed by atoms with Gasteiger partial charge in [0.25, 0.3) is 0 Å². The van der Waals surface area contributed by atoms with E-state index in [1.165, 1.54) is 32.1 Å². The molecule has 1 fully saturated rings. The Bertz CT molecular complexity index is 166. The molecule has 0 aromatic heterocycles. The lowest BCUT2D eigenvalue weighted by Crippen LogP contribution is -2.05. The third-order valence-electron chi connectivity index (χ3n) is 2.98. The average molecular weight is 164 g/mol. The Morgan fingerprint density at radius 2 is 2.08 bits per heavy atom. The molecule has 12 heavy (non-hydrogen) atoms. The third-order valence-corrected chi connectivity index (χ3v) is 2.98. The zero-order valence-corrected chi connectivity index (χ0v) is 8.34. The van der Waals surface area contributed by atoms with Crippen molar-refractivity contribution >= 4 is 0 Å². The van der Waals surface area contributed by atoms with Crippen molar-refractivity contribution in [1.29, 1.82) is 0 Å². The summed E-state index contributed by atoms with van der Waals surface area (Å²) in [5.74, 6) is 1.87. The monoisotopic (exact) mass is 164 g/mol. The Balaban J connectivity index is 2.26. The molecule has 0 aliphatic heterocycles. The van der Waals surface area contributed by atoms with Crippen molar-refractivity contribution in [3.05, 3.63) is 17.9 Å². The van der Waals surface area contributed by atoms with Crippen molar-refractivity contribution in [1.82, 2.24) is 0 Å². The third kappa shape index (κ3) is 2.87. The second kappa shape index (κ2) is 5.22. The van der Waals surface area contributed by atoms with Crippen molar-refractivity contribution in [2.45, 2.75) is 46.0 Å². The summed E-state index contributed by atoms with van der Waals surface area (Å²) in [6.45, 7) is 4.40. The molecular weight excluding hydrogens is 144 g/mol. The van der Waals surface area contributed by atoms with Gasteiger partial charge in [-0.2, -0.15) is 0 Å². The van der Waals surface area contributed by atoms with Crippen LogP contribution in [0.1, 0.15) is 46.0 Å². The highest BCUT2D eigenvalue weighted by Gasteiger charge is 2.19. The second-order valence-electron chi connectivity index (χ2n) is 3.92. The molecule has 1 unspecified atom stereocenters. The first-order valence-corrected chi connectivity index (χ1v) is 5.20. The van der Waals surface area contributed by atoms with E-state index in [1.54, 1.807) is 0 Å². The van der Waals surface area contributed by atoms with E-state index in [4.69, 9.17) is 0 Å². The van der Waals surface area contributed by atoms with Crippen LogP contribution < -0.4 is 0 Å². The normalized spacial score (nSPS) is 20.2. The van der Waals surface area contributed by atoms with Crippen molar-refractivity contribution < 1.29 is 0 Å². The molecular formula is C12H20. The van der Waals surface area contributed by atoms with Gasteiger partial charge in [-0.05, 0) is 37.3 Å². The Labute approximate surface area is 76.4 Å². The molecule has 1 rings (SSSR count). The summed E-state index contributed by atoms with van der Waals surface area (Å²) in [7, 11) is 0. The fourth-order valence-corrected chi connectivity index (χ4v) is 2.09. The van der Waals surface area contributed by atoms with Gasteiger partial charge < -0.3 is 0 Å². The van der Waals surface area contributed by atoms with Crippen LogP contribution in [-0.4, -0.2) is 0 Å². The summed E-state index contributed by atoms with van der Waals surface area (Å²) in [4.78, 5) is 0. The molecule has 0 bridgehead atoms. The topological polar surface area (TPSA) is 0 Å². The molecule has 1 aliphatic carbocycles. The maximum absolute atomic E-state index is 3.15. The van der Waals surface area contributed by atoms with Gasteiger partial charge in [0.2, 0.25) is 0 Å². The second-order valence-corrected chi connectivity index (χ2v) is 3.92. The van der Waals surface area contributed by atoms with Crippen LogP contribution in [0.3, 0.4) is 0 Å². The van der Waals surface area contributed by atoms with Crippen LogP contribution in [0.2, 0.25) is 0 Å². The predicted octanol–water partition coefficient (Wildman–Crippen LogP) is 3.93. The summed E-state index contributed by atoms with van der Waals surface area (Å²) >= 11 is 0.